The second kappa shape index (κ2) is 5.72. The van der Waals surface area contributed by atoms with E-state index in [-0.39, 0.29) is 10.9 Å². The molecule has 0 aliphatic carbocycles. The molecule has 1 unspecified atom stereocenters. The Hall–Kier alpha value is -1.73. The smallest absolute Gasteiger partial charge is 0.244 e. The molecule has 1 atom stereocenters. The standard InChI is InChI=1S/C13H18N4O2S/c1-9(8-12-6-4-5-7-14-12)17-20(18,19)13-10(2)15-16-11(13)3/h4-7,9,17H,8H2,1-3H3,(H,15,16). The van der Waals surface area contributed by atoms with Crippen molar-refractivity contribution in [3.05, 3.63) is 41.5 Å². The van der Waals surface area contributed by atoms with E-state index in [2.05, 4.69) is 19.9 Å². The zero-order valence-corrected chi connectivity index (χ0v) is 12.5. The van der Waals surface area contributed by atoms with Crippen molar-refractivity contribution in [2.24, 2.45) is 0 Å². The van der Waals surface area contributed by atoms with E-state index < -0.39 is 10.0 Å². The van der Waals surface area contributed by atoms with E-state index in [4.69, 9.17) is 0 Å². The normalized spacial score (nSPS) is 13.3. The molecule has 0 aliphatic heterocycles. The number of aryl methyl sites for hydroxylation is 2. The maximum absolute atomic E-state index is 12.3. The van der Waals surface area contributed by atoms with Crippen LogP contribution >= 0.6 is 0 Å². The van der Waals surface area contributed by atoms with E-state index in [1.54, 1.807) is 20.0 Å². The van der Waals surface area contributed by atoms with E-state index in [9.17, 15) is 8.42 Å². The van der Waals surface area contributed by atoms with Gasteiger partial charge < -0.3 is 0 Å². The van der Waals surface area contributed by atoms with E-state index in [0.717, 1.165) is 5.69 Å². The Bertz CT molecular complexity index is 660. The monoisotopic (exact) mass is 294 g/mol. The van der Waals surface area contributed by atoms with Gasteiger partial charge >= 0.3 is 0 Å². The molecule has 0 radical (unpaired) electrons. The fourth-order valence-electron chi connectivity index (χ4n) is 2.13. The number of H-pyrrole nitrogens is 1. The van der Waals surface area contributed by atoms with Crippen LogP contribution in [0.3, 0.4) is 0 Å². The van der Waals surface area contributed by atoms with Gasteiger partial charge in [-0.2, -0.15) is 5.10 Å². The highest BCUT2D eigenvalue weighted by atomic mass is 32.2. The van der Waals surface area contributed by atoms with E-state index in [0.29, 0.717) is 17.8 Å². The van der Waals surface area contributed by atoms with E-state index in [1.807, 2.05) is 25.1 Å². The number of nitrogens with zero attached hydrogens (tertiary/aromatic N) is 2. The minimum atomic E-state index is -3.57. The molecule has 2 aromatic heterocycles. The molecule has 0 fully saturated rings. The minimum absolute atomic E-state index is 0.227. The van der Waals surface area contributed by atoms with Crippen molar-refractivity contribution in [1.82, 2.24) is 19.9 Å². The summed E-state index contributed by atoms with van der Waals surface area (Å²) in [6, 6.07) is 5.34. The number of sulfonamides is 1. The van der Waals surface area contributed by atoms with Crippen molar-refractivity contribution in [3.8, 4) is 0 Å². The number of hydrogen-bond donors (Lipinski definition) is 2. The Morgan fingerprint density at radius 3 is 2.65 bits per heavy atom. The van der Waals surface area contributed by atoms with Gasteiger partial charge in [-0.3, -0.25) is 10.1 Å². The first-order valence-electron chi connectivity index (χ1n) is 6.34. The molecule has 0 spiro atoms. The van der Waals surface area contributed by atoms with Crippen LogP contribution in [-0.4, -0.2) is 29.6 Å². The van der Waals surface area contributed by atoms with E-state index in [1.165, 1.54) is 0 Å². The summed E-state index contributed by atoms with van der Waals surface area (Å²) < 4.78 is 27.3. The quantitative estimate of drug-likeness (QED) is 0.871. The molecule has 0 aliphatic rings. The third-order valence-corrected chi connectivity index (χ3v) is 4.78. The minimum Gasteiger partial charge on any atom is -0.281 e. The summed E-state index contributed by atoms with van der Waals surface area (Å²) in [4.78, 5) is 4.42. The van der Waals surface area contributed by atoms with Gasteiger partial charge in [0.05, 0.1) is 11.4 Å². The predicted octanol–water partition coefficient (Wildman–Crippen LogP) is 1.33. The molecule has 0 bridgehead atoms. The summed E-state index contributed by atoms with van der Waals surface area (Å²) in [6.07, 6.45) is 2.23. The van der Waals surface area contributed by atoms with Gasteiger partial charge in [-0.15, -0.1) is 0 Å². The number of aromatic nitrogens is 3. The largest absolute Gasteiger partial charge is 0.281 e. The van der Waals surface area contributed by atoms with Crippen LogP contribution in [-0.2, 0) is 16.4 Å². The van der Waals surface area contributed by atoms with Gasteiger partial charge in [0.15, 0.2) is 0 Å². The van der Waals surface area contributed by atoms with Gasteiger partial charge in [-0.25, -0.2) is 13.1 Å². The van der Waals surface area contributed by atoms with Crippen molar-refractivity contribution >= 4 is 10.0 Å². The average Bonchev–Trinajstić information content (AvgIpc) is 2.70. The molecular formula is C13H18N4O2S. The molecule has 0 saturated carbocycles. The molecule has 7 heteroatoms. The Balaban J connectivity index is 2.13. The molecule has 6 nitrogen and oxygen atoms in total. The van der Waals surface area contributed by atoms with Crippen LogP contribution in [0.5, 0.6) is 0 Å². The first-order valence-corrected chi connectivity index (χ1v) is 7.82. The highest BCUT2D eigenvalue weighted by Crippen LogP contribution is 2.17. The molecule has 2 rings (SSSR count). The molecule has 0 aromatic carbocycles. The van der Waals surface area contributed by atoms with Gasteiger partial charge in [-0.1, -0.05) is 6.07 Å². The maximum atomic E-state index is 12.3. The van der Waals surface area contributed by atoms with Crippen LogP contribution in [0, 0.1) is 13.8 Å². The zero-order chi connectivity index (χ0) is 14.8. The number of rotatable bonds is 5. The van der Waals surface area contributed by atoms with Gasteiger partial charge in [0.2, 0.25) is 10.0 Å². The Morgan fingerprint density at radius 2 is 2.10 bits per heavy atom. The van der Waals surface area contributed by atoms with Gasteiger partial charge in [0.1, 0.15) is 4.90 Å². The topological polar surface area (TPSA) is 87.7 Å². The summed E-state index contributed by atoms with van der Waals surface area (Å²) in [5, 5.41) is 6.60. The van der Waals surface area contributed by atoms with Crippen LogP contribution in [0.4, 0.5) is 0 Å². The number of pyridine rings is 1. The molecule has 20 heavy (non-hydrogen) atoms. The Labute approximate surface area is 118 Å². The lowest BCUT2D eigenvalue weighted by atomic mass is 10.2. The summed E-state index contributed by atoms with van der Waals surface area (Å²) >= 11 is 0. The van der Waals surface area contributed by atoms with Crippen molar-refractivity contribution in [3.63, 3.8) is 0 Å². The summed E-state index contributed by atoms with van der Waals surface area (Å²) in [5.74, 6) is 0. The van der Waals surface area contributed by atoms with Gasteiger partial charge in [-0.05, 0) is 32.9 Å². The highest BCUT2D eigenvalue weighted by Gasteiger charge is 2.24. The van der Waals surface area contributed by atoms with Crippen molar-refractivity contribution < 1.29 is 8.42 Å². The second-order valence-corrected chi connectivity index (χ2v) is 6.46. The lowest BCUT2D eigenvalue weighted by Crippen LogP contribution is -2.34. The van der Waals surface area contributed by atoms with Crippen LogP contribution in [0.15, 0.2) is 29.3 Å². The molecule has 2 heterocycles. The van der Waals surface area contributed by atoms with Crippen molar-refractivity contribution in [1.29, 1.82) is 0 Å². The molecule has 0 saturated heterocycles. The first-order chi connectivity index (χ1) is 9.40. The maximum Gasteiger partial charge on any atom is 0.244 e. The molecule has 2 N–H and O–H groups in total. The highest BCUT2D eigenvalue weighted by molar-refractivity contribution is 7.89. The SMILES string of the molecule is Cc1n[nH]c(C)c1S(=O)(=O)NC(C)Cc1ccccn1. The third-order valence-electron chi connectivity index (χ3n) is 2.93. The third kappa shape index (κ3) is 3.23. The van der Waals surface area contributed by atoms with Crippen molar-refractivity contribution in [2.45, 2.75) is 38.1 Å². The molecule has 0 amide bonds. The fraction of sp³-hybridized carbons (Fsp3) is 0.385. The number of aromatic amines is 1. The van der Waals surface area contributed by atoms with Crippen LogP contribution in [0.2, 0.25) is 0 Å². The predicted molar refractivity (Wildman–Crippen MR) is 75.8 cm³/mol. The number of hydrogen-bond acceptors (Lipinski definition) is 4. The Morgan fingerprint density at radius 1 is 1.35 bits per heavy atom. The van der Waals surface area contributed by atoms with Crippen LogP contribution in [0.25, 0.3) is 0 Å². The summed E-state index contributed by atoms with van der Waals surface area (Å²) in [7, 11) is -3.57. The first kappa shape index (κ1) is 14.7. The Kier molecular flexibility index (Phi) is 4.20. The van der Waals surface area contributed by atoms with Crippen LogP contribution in [0.1, 0.15) is 24.0 Å². The molecule has 2 aromatic rings. The molecule has 108 valence electrons. The average molecular weight is 294 g/mol. The fourth-order valence-corrected chi connectivity index (χ4v) is 3.75. The summed E-state index contributed by atoms with van der Waals surface area (Å²) in [6.45, 7) is 5.18. The van der Waals surface area contributed by atoms with Gasteiger partial charge in [0.25, 0.3) is 0 Å². The number of nitrogens with one attached hydrogen (secondary N) is 2. The van der Waals surface area contributed by atoms with Gasteiger partial charge in [0, 0.05) is 24.4 Å². The lowest BCUT2D eigenvalue weighted by molar-refractivity contribution is 0.557. The zero-order valence-electron chi connectivity index (χ0n) is 11.7. The van der Waals surface area contributed by atoms with Crippen molar-refractivity contribution in [2.75, 3.05) is 0 Å². The lowest BCUT2D eigenvalue weighted by Gasteiger charge is -2.14. The van der Waals surface area contributed by atoms with E-state index >= 15 is 0 Å². The molecular weight excluding hydrogens is 276 g/mol. The second-order valence-electron chi connectivity index (χ2n) is 4.81. The summed E-state index contributed by atoms with van der Waals surface area (Å²) in [5.41, 5.74) is 1.86. The van der Waals surface area contributed by atoms with Crippen LogP contribution < -0.4 is 4.72 Å².